The van der Waals surface area contributed by atoms with E-state index in [0.717, 1.165) is 5.56 Å². The van der Waals surface area contributed by atoms with Crippen LogP contribution < -0.4 is 4.90 Å². The number of aromatic carboxylic acids is 1. The number of rotatable bonds is 5. The molecule has 0 unspecified atom stereocenters. The fourth-order valence-electron chi connectivity index (χ4n) is 2.63. The van der Waals surface area contributed by atoms with Crippen molar-refractivity contribution in [2.45, 2.75) is 13.8 Å². The number of aliphatic imine (C=N–C) groups is 1. The summed E-state index contributed by atoms with van der Waals surface area (Å²) in [7, 11) is 0. The Morgan fingerprint density at radius 1 is 1.38 bits per heavy atom. The topological polar surface area (TPSA) is 99.2 Å². The Labute approximate surface area is 138 Å². The van der Waals surface area contributed by atoms with Gasteiger partial charge in [0.05, 0.1) is 0 Å². The third kappa shape index (κ3) is 2.54. The number of pyridine rings is 1. The van der Waals surface area contributed by atoms with E-state index in [-0.39, 0.29) is 23.0 Å². The van der Waals surface area contributed by atoms with Crippen molar-refractivity contribution in [2.24, 2.45) is 4.99 Å². The van der Waals surface area contributed by atoms with Gasteiger partial charge >= 0.3 is 5.97 Å². The highest BCUT2D eigenvalue weighted by Gasteiger charge is 2.28. The van der Waals surface area contributed by atoms with Crippen LogP contribution in [0.2, 0.25) is 0 Å². The molecule has 0 aromatic carbocycles. The molecule has 0 bridgehead atoms. The van der Waals surface area contributed by atoms with Crippen molar-refractivity contribution in [2.75, 3.05) is 18.0 Å². The number of hydrogen-bond donors (Lipinski definition) is 2. The number of allylic oxidation sites excluding steroid dienone is 1. The van der Waals surface area contributed by atoms with E-state index in [2.05, 4.69) is 9.98 Å². The fourth-order valence-corrected chi connectivity index (χ4v) is 2.63. The Morgan fingerprint density at radius 3 is 2.79 bits per heavy atom. The quantitative estimate of drug-likeness (QED) is 0.875. The second kappa shape index (κ2) is 6.19. The molecule has 2 N–H and O–H groups in total. The van der Waals surface area contributed by atoms with Crippen molar-refractivity contribution in [3.63, 3.8) is 0 Å². The molecule has 0 amide bonds. The zero-order chi connectivity index (χ0) is 17.3. The van der Waals surface area contributed by atoms with Crippen LogP contribution in [0.4, 0.5) is 11.7 Å². The summed E-state index contributed by atoms with van der Waals surface area (Å²) in [6, 6.07) is 3.64. The second-order valence-corrected chi connectivity index (χ2v) is 5.20. The Kier molecular flexibility index (Phi) is 4.07. The number of anilines is 1. The molecule has 1 aliphatic rings. The Balaban J connectivity index is 2.10. The molecule has 0 saturated heterocycles. The van der Waals surface area contributed by atoms with Gasteiger partial charge in [-0.15, -0.1) is 0 Å². The van der Waals surface area contributed by atoms with E-state index in [0.29, 0.717) is 24.5 Å². The predicted molar refractivity (Wildman–Crippen MR) is 91.2 cm³/mol. The molecule has 0 aliphatic carbocycles. The maximum absolute atomic E-state index is 11.5. The van der Waals surface area contributed by atoms with Crippen LogP contribution in [0.15, 0.2) is 27.7 Å². The van der Waals surface area contributed by atoms with Crippen LogP contribution in [0, 0.1) is 0 Å². The molecule has 7 heteroatoms. The average molecular weight is 327 g/mol. The first-order valence-corrected chi connectivity index (χ1v) is 7.61. The lowest BCUT2D eigenvalue weighted by Crippen LogP contribution is -2.23. The molecule has 124 valence electrons. The average Bonchev–Trinajstić information content (AvgIpc) is 3.11. The normalized spacial score (nSPS) is 14.2. The number of furan rings is 1. The first kappa shape index (κ1) is 15.8. The number of nitrogens with zero attached hydrogens (tertiary/aromatic N) is 3. The van der Waals surface area contributed by atoms with Crippen molar-refractivity contribution in [3.05, 3.63) is 35.2 Å². The minimum Gasteiger partial charge on any atom is -0.504 e. The van der Waals surface area contributed by atoms with Crippen molar-refractivity contribution >= 4 is 35.5 Å². The van der Waals surface area contributed by atoms with Gasteiger partial charge in [-0.05, 0) is 32.1 Å². The van der Waals surface area contributed by atoms with Crippen molar-refractivity contribution in [1.82, 2.24) is 4.98 Å². The van der Waals surface area contributed by atoms with E-state index in [1.807, 2.05) is 19.9 Å². The van der Waals surface area contributed by atoms with Crippen LogP contribution in [-0.4, -0.2) is 40.5 Å². The highest BCUT2D eigenvalue weighted by Crippen LogP contribution is 2.39. The largest absolute Gasteiger partial charge is 0.504 e. The molecule has 3 heterocycles. The Morgan fingerprint density at radius 2 is 2.12 bits per heavy atom. The first-order valence-electron chi connectivity index (χ1n) is 7.61. The molecular weight excluding hydrogens is 310 g/mol. The monoisotopic (exact) mass is 327 g/mol. The van der Waals surface area contributed by atoms with Gasteiger partial charge in [-0.25, -0.2) is 14.8 Å². The molecule has 3 rings (SSSR count). The molecule has 0 spiro atoms. The second-order valence-electron chi connectivity index (χ2n) is 5.20. The van der Waals surface area contributed by atoms with Crippen LogP contribution in [0.25, 0.3) is 11.6 Å². The number of fused-ring (bicyclic) bond motifs is 1. The van der Waals surface area contributed by atoms with Gasteiger partial charge in [-0.2, -0.15) is 0 Å². The molecule has 0 fully saturated rings. The Bertz CT molecular complexity index is 848. The van der Waals surface area contributed by atoms with Crippen molar-refractivity contribution < 1.29 is 19.4 Å². The number of aromatic hydroxyl groups is 1. The molecular formula is C17H17N3O4. The first-order chi connectivity index (χ1) is 11.6. The van der Waals surface area contributed by atoms with E-state index < -0.39 is 5.97 Å². The standard InChI is InChI=1S/C17H17N3O4/c1-3-20(4-2)16-13(17(22)23)14(21)12(24-16)8-10-9-19-15-11(10)6-5-7-18-15/h5-9,21H,3-4H2,1-2H3,(H,22,23). The van der Waals surface area contributed by atoms with Gasteiger partial charge in [0.25, 0.3) is 0 Å². The van der Waals surface area contributed by atoms with Crippen LogP contribution in [0.3, 0.4) is 0 Å². The molecule has 0 saturated carbocycles. The third-order valence-electron chi connectivity index (χ3n) is 3.87. The molecule has 24 heavy (non-hydrogen) atoms. The van der Waals surface area contributed by atoms with Gasteiger partial charge in [0, 0.05) is 36.6 Å². The zero-order valence-corrected chi connectivity index (χ0v) is 13.4. The van der Waals surface area contributed by atoms with E-state index in [1.165, 1.54) is 0 Å². The van der Waals surface area contributed by atoms with Crippen LogP contribution >= 0.6 is 0 Å². The summed E-state index contributed by atoms with van der Waals surface area (Å²) in [5, 5.41) is 19.7. The van der Waals surface area contributed by atoms with E-state index >= 15 is 0 Å². The minimum absolute atomic E-state index is 0.0902. The number of carbonyl (C=O) groups is 1. The summed E-state index contributed by atoms with van der Waals surface area (Å²) in [5.74, 6) is -0.796. The van der Waals surface area contributed by atoms with Gasteiger partial charge in [-0.3, -0.25) is 0 Å². The molecule has 2 aromatic rings. The number of carboxylic acids is 1. The summed E-state index contributed by atoms with van der Waals surface area (Å²) in [4.78, 5) is 21.6. The molecule has 0 atom stereocenters. The molecule has 1 aliphatic heterocycles. The maximum Gasteiger partial charge on any atom is 0.345 e. The lowest BCUT2D eigenvalue weighted by Gasteiger charge is -2.17. The van der Waals surface area contributed by atoms with E-state index in [9.17, 15) is 15.0 Å². The summed E-state index contributed by atoms with van der Waals surface area (Å²) in [6.07, 6.45) is 4.83. The molecule has 7 nitrogen and oxygen atoms in total. The summed E-state index contributed by atoms with van der Waals surface area (Å²) >= 11 is 0. The van der Waals surface area contributed by atoms with Crippen LogP contribution in [0.5, 0.6) is 5.75 Å². The minimum atomic E-state index is -1.23. The smallest absolute Gasteiger partial charge is 0.345 e. The summed E-state index contributed by atoms with van der Waals surface area (Å²) in [6.45, 7) is 4.90. The highest BCUT2D eigenvalue weighted by molar-refractivity contribution is 6.21. The van der Waals surface area contributed by atoms with Crippen LogP contribution in [-0.2, 0) is 0 Å². The van der Waals surface area contributed by atoms with E-state index in [1.54, 1.807) is 29.5 Å². The fraction of sp³-hybridized carbons (Fsp3) is 0.235. The van der Waals surface area contributed by atoms with Gasteiger partial charge < -0.3 is 19.5 Å². The lowest BCUT2D eigenvalue weighted by atomic mass is 10.1. The lowest BCUT2D eigenvalue weighted by molar-refractivity contribution is 0.0694. The van der Waals surface area contributed by atoms with Gasteiger partial charge in [0.15, 0.2) is 22.9 Å². The zero-order valence-electron chi connectivity index (χ0n) is 13.4. The van der Waals surface area contributed by atoms with Crippen molar-refractivity contribution in [1.29, 1.82) is 0 Å². The highest BCUT2D eigenvalue weighted by atomic mass is 16.4. The Hall–Kier alpha value is -3.09. The molecule has 2 aromatic heterocycles. The number of carboxylic acid groups (broad SMARTS) is 1. The molecule has 0 radical (unpaired) electrons. The van der Waals surface area contributed by atoms with Crippen LogP contribution in [0.1, 0.15) is 35.5 Å². The number of hydrogen-bond acceptors (Lipinski definition) is 6. The predicted octanol–water partition coefficient (Wildman–Crippen LogP) is 3.18. The van der Waals surface area contributed by atoms with E-state index in [4.69, 9.17) is 4.42 Å². The van der Waals surface area contributed by atoms with Gasteiger partial charge in [0.1, 0.15) is 0 Å². The maximum atomic E-state index is 11.5. The third-order valence-corrected chi connectivity index (χ3v) is 3.87. The summed E-state index contributed by atoms with van der Waals surface area (Å²) in [5.41, 5.74) is 1.27. The number of aromatic nitrogens is 1. The summed E-state index contributed by atoms with van der Waals surface area (Å²) < 4.78 is 5.66. The van der Waals surface area contributed by atoms with Crippen molar-refractivity contribution in [3.8, 4) is 5.75 Å². The van der Waals surface area contributed by atoms with Gasteiger partial charge in [0.2, 0.25) is 5.88 Å². The van der Waals surface area contributed by atoms with Gasteiger partial charge in [-0.1, -0.05) is 0 Å². The SMILES string of the molecule is CCN(CC)c1oc(C=C2C=Nc3ncccc32)c(O)c1C(=O)O.